The highest BCUT2D eigenvalue weighted by Gasteiger charge is 2.28. The van der Waals surface area contributed by atoms with Gasteiger partial charge in [-0.25, -0.2) is 4.79 Å². The maximum absolute atomic E-state index is 11.7. The number of carboxylic acid groups (broad SMARTS) is 1. The zero-order chi connectivity index (χ0) is 28.7. The zero-order valence-electron chi connectivity index (χ0n) is 25.6. The summed E-state index contributed by atoms with van der Waals surface area (Å²) in [6.07, 6.45) is 20.7. The van der Waals surface area contributed by atoms with Gasteiger partial charge in [0.05, 0.1) is 13.2 Å². The van der Waals surface area contributed by atoms with Gasteiger partial charge < -0.3 is 24.4 Å². The highest BCUT2D eigenvalue weighted by Crippen LogP contribution is 2.50. The molecule has 6 nitrogen and oxygen atoms in total. The van der Waals surface area contributed by atoms with E-state index in [-0.39, 0.29) is 17.2 Å². The molecule has 0 aliphatic carbocycles. The Labute approximate surface area is 238 Å². The van der Waals surface area contributed by atoms with E-state index in [4.69, 9.17) is 14.2 Å². The molecule has 0 atom stereocenters. The van der Waals surface area contributed by atoms with Crippen molar-refractivity contribution >= 4 is 6.16 Å². The van der Waals surface area contributed by atoms with Crippen molar-refractivity contribution in [2.45, 2.75) is 156 Å². The Kier molecular flexibility index (Phi) is 20.3. The summed E-state index contributed by atoms with van der Waals surface area (Å²) in [7, 11) is 0. The van der Waals surface area contributed by atoms with Crippen LogP contribution in [0.25, 0.3) is 0 Å². The lowest BCUT2D eigenvalue weighted by atomic mass is 9.93. The quantitative estimate of drug-likeness (QED) is 0.0715. The number of unbranched alkanes of at least 4 members (excludes halogenated alkanes) is 14. The van der Waals surface area contributed by atoms with E-state index in [0.717, 1.165) is 62.5 Å². The third-order valence-electron chi connectivity index (χ3n) is 7.20. The van der Waals surface area contributed by atoms with Crippen molar-refractivity contribution in [3.63, 3.8) is 0 Å². The molecule has 6 heteroatoms. The van der Waals surface area contributed by atoms with E-state index in [1.807, 2.05) is 13.8 Å². The summed E-state index contributed by atoms with van der Waals surface area (Å²) in [6, 6.07) is 0. The summed E-state index contributed by atoms with van der Waals surface area (Å²) in [5.74, 6) is 0.551. The molecule has 2 N–H and O–H groups in total. The molecule has 0 radical (unpaired) electrons. The number of hydrogen-bond donors (Lipinski definition) is 2. The Morgan fingerprint density at radius 3 is 1.33 bits per heavy atom. The average molecular weight is 551 g/mol. The highest BCUT2D eigenvalue weighted by atomic mass is 16.7. The van der Waals surface area contributed by atoms with Crippen LogP contribution in [0.1, 0.15) is 154 Å². The molecule has 0 saturated carbocycles. The van der Waals surface area contributed by atoms with Crippen molar-refractivity contribution < 1.29 is 29.2 Å². The topological polar surface area (TPSA) is 85.2 Å². The van der Waals surface area contributed by atoms with E-state index in [2.05, 4.69) is 13.8 Å². The van der Waals surface area contributed by atoms with Gasteiger partial charge >= 0.3 is 6.16 Å². The molecule has 39 heavy (non-hydrogen) atoms. The van der Waals surface area contributed by atoms with Crippen LogP contribution in [0.5, 0.6) is 23.0 Å². The largest absolute Gasteiger partial charge is 0.511 e. The van der Waals surface area contributed by atoms with Crippen molar-refractivity contribution in [2.24, 2.45) is 0 Å². The monoisotopic (exact) mass is 550 g/mol. The van der Waals surface area contributed by atoms with E-state index in [1.54, 1.807) is 0 Å². The lowest BCUT2D eigenvalue weighted by Crippen LogP contribution is -2.12. The summed E-state index contributed by atoms with van der Waals surface area (Å²) in [6.45, 7) is 9.42. The van der Waals surface area contributed by atoms with Gasteiger partial charge in [0.1, 0.15) is 0 Å². The van der Waals surface area contributed by atoms with Crippen molar-refractivity contribution in [1.82, 2.24) is 0 Å². The predicted molar refractivity (Wildman–Crippen MR) is 161 cm³/mol. The number of ether oxygens (including phenoxy) is 3. The van der Waals surface area contributed by atoms with Crippen molar-refractivity contribution in [2.75, 3.05) is 13.2 Å². The number of carbonyl (C=O) groups is 1. The third-order valence-corrected chi connectivity index (χ3v) is 7.20. The molecule has 0 aliphatic heterocycles. The van der Waals surface area contributed by atoms with Crippen LogP contribution in [-0.4, -0.2) is 29.6 Å². The molecule has 0 heterocycles. The molecular weight excluding hydrogens is 492 g/mol. The standard InChI is InChI=1S/C33H58O6/c1-5-9-11-13-15-17-19-21-23-27-28(24-22-20-18-16-14-12-10-6-2)31(37-25-7-3)32(38-26-8-4)29(34)30(27)39-33(35)36/h34H,5-26H2,1-4H3,(H,35,36). The fourth-order valence-corrected chi connectivity index (χ4v) is 5.06. The first kappa shape index (κ1) is 34.9. The minimum absolute atomic E-state index is 0.0231. The molecule has 1 aromatic carbocycles. The first-order valence-corrected chi connectivity index (χ1v) is 16.1. The van der Waals surface area contributed by atoms with Crippen LogP contribution >= 0.6 is 0 Å². The molecule has 226 valence electrons. The second-order valence-electron chi connectivity index (χ2n) is 10.8. The number of aromatic hydroxyl groups is 1. The minimum atomic E-state index is -1.43. The van der Waals surface area contributed by atoms with Gasteiger partial charge in [-0.15, -0.1) is 0 Å². The molecule has 0 aliphatic rings. The SMILES string of the molecule is CCCCCCCCCCc1c(CCCCCCCCCC)c(OCCC)c(OCCC)c(O)c1OC(=O)O. The number of hydrogen-bond acceptors (Lipinski definition) is 5. The molecule has 0 fully saturated rings. The number of benzene rings is 1. The molecular formula is C33H58O6. The van der Waals surface area contributed by atoms with Crippen LogP contribution in [0, 0.1) is 0 Å². The molecule has 0 saturated heterocycles. The van der Waals surface area contributed by atoms with E-state index >= 15 is 0 Å². The predicted octanol–water partition coefficient (Wildman–Crippen LogP) is 10.4. The maximum atomic E-state index is 11.7. The van der Waals surface area contributed by atoms with Crippen LogP contribution in [0.15, 0.2) is 0 Å². The number of rotatable bonds is 25. The second-order valence-corrected chi connectivity index (χ2v) is 10.8. The van der Waals surface area contributed by atoms with Crippen molar-refractivity contribution in [1.29, 1.82) is 0 Å². The van der Waals surface area contributed by atoms with Gasteiger partial charge in [-0.1, -0.05) is 118 Å². The summed E-state index contributed by atoms with van der Waals surface area (Å²) >= 11 is 0. The first-order valence-electron chi connectivity index (χ1n) is 16.1. The van der Waals surface area contributed by atoms with Gasteiger partial charge in [0.25, 0.3) is 0 Å². The van der Waals surface area contributed by atoms with E-state index in [0.29, 0.717) is 25.4 Å². The van der Waals surface area contributed by atoms with Gasteiger partial charge in [-0.2, -0.15) is 0 Å². The molecule has 1 aromatic rings. The molecule has 0 unspecified atom stereocenters. The summed E-state index contributed by atoms with van der Waals surface area (Å²) in [5.41, 5.74) is 1.70. The van der Waals surface area contributed by atoms with Gasteiger partial charge in [0.15, 0.2) is 11.5 Å². The summed E-state index contributed by atoms with van der Waals surface area (Å²) in [5, 5.41) is 20.7. The number of phenolic OH excluding ortho intramolecular Hbond substituents is 1. The Balaban J connectivity index is 3.18. The number of phenols is 1. The lowest BCUT2D eigenvalue weighted by molar-refractivity contribution is 0.141. The molecule has 0 spiro atoms. The summed E-state index contributed by atoms with van der Waals surface area (Å²) in [4.78, 5) is 11.7. The second kappa shape index (κ2) is 22.7. The summed E-state index contributed by atoms with van der Waals surface area (Å²) < 4.78 is 17.4. The van der Waals surface area contributed by atoms with Crippen LogP contribution in [0.2, 0.25) is 0 Å². The molecule has 0 bridgehead atoms. The lowest BCUT2D eigenvalue weighted by Gasteiger charge is -2.23. The zero-order valence-corrected chi connectivity index (χ0v) is 25.6. The van der Waals surface area contributed by atoms with Crippen LogP contribution in [-0.2, 0) is 12.8 Å². The maximum Gasteiger partial charge on any atom is 0.511 e. The third kappa shape index (κ3) is 14.2. The fraction of sp³-hybridized carbons (Fsp3) is 0.788. The van der Waals surface area contributed by atoms with Crippen molar-refractivity contribution in [3.8, 4) is 23.0 Å². The Bertz CT molecular complexity index is 776. The van der Waals surface area contributed by atoms with Gasteiger partial charge in [0.2, 0.25) is 11.5 Å². The van der Waals surface area contributed by atoms with Crippen LogP contribution < -0.4 is 14.2 Å². The molecule has 0 aromatic heterocycles. The molecule has 1 rings (SSSR count). The Morgan fingerprint density at radius 1 is 0.538 bits per heavy atom. The van der Waals surface area contributed by atoms with Crippen molar-refractivity contribution in [3.05, 3.63) is 11.1 Å². The normalized spacial score (nSPS) is 11.1. The van der Waals surface area contributed by atoms with E-state index < -0.39 is 6.16 Å². The first-order chi connectivity index (χ1) is 19.0. The van der Waals surface area contributed by atoms with E-state index in [9.17, 15) is 15.0 Å². The van der Waals surface area contributed by atoms with Crippen LogP contribution in [0.3, 0.4) is 0 Å². The highest BCUT2D eigenvalue weighted by molar-refractivity contribution is 5.71. The Morgan fingerprint density at radius 2 is 0.923 bits per heavy atom. The average Bonchev–Trinajstić information content (AvgIpc) is 2.92. The van der Waals surface area contributed by atoms with Gasteiger partial charge in [-0.3, -0.25) is 0 Å². The Hall–Kier alpha value is -2.11. The van der Waals surface area contributed by atoms with Gasteiger partial charge in [0, 0.05) is 11.1 Å². The minimum Gasteiger partial charge on any atom is -0.502 e. The molecule has 0 amide bonds. The van der Waals surface area contributed by atoms with E-state index in [1.165, 1.54) is 70.6 Å². The smallest absolute Gasteiger partial charge is 0.502 e. The fourth-order valence-electron chi connectivity index (χ4n) is 5.06. The van der Waals surface area contributed by atoms with Gasteiger partial charge in [-0.05, 0) is 38.5 Å². The van der Waals surface area contributed by atoms with Crippen LogP contribution in [0.4, 0.5) is 4.79 Å².